The van der Waals surface area contributed by atoms with Crippen molar-refractivity contribution in [3.63, 3.8) is 0 Å². The third-order valence-corrected chi connectivity index (χ3v) is 2.07. The van der Waals surface area contributed by atoms with Gasteiger partial charge in [0, 0.05) is 12.6 Å². The summed E-state index contributed by atoms with van der Waals surface area (Å²) >= 11 is 0. The highest BCUT2D eigenvalue weighted by Crippen LogP contribution is 2.17. The zero-order chi connectivity index (χ0) is 6.85. The van der Waals surface area contributed by atoms with Gasteiger partial charge in [-0.25, -0.2) is 5.11 Å². The van der Waals surface area contributed by atoms with Gasteiger partial charge in [0.2, 0.25) is 0 Å². The molecule has 1 aliphatic rings. The van der Waals surface area contributed by atoms with Crippen LogP contribution in [0.25, 0.3) is 0 Å². The van der Waals surface area contributed by atoms with Crippen LogP contribution in [0.4, 0.5) is 0 Å². The Bertz CT molecular complexity index is 92.9. The molecule has 0 aliphatic carbocycles. The molecule has 0 bridgehead atoms. The van der Waals surface area contributed by atoms with Crippen molar-refractivity contribution in [3.05, 3.63) is 0 Å². The minimum Gasteiger partial charge on any atom is -0.273 e. The van der Waals surface area contributed by atoms with Crippen LogP contribution in [-0.4, -0.2) is 23.7 Å². The van der Waals surface area contributed by atoms with Crippen molar-refractivity contribution in [2.75, 3.05) is 6.54 Å². The maximum Gasteiger partial charge on any atom is 0.143 e. The quantitative estimate of drug-likeness (QED) is 0.521. The fourth-order valence-electron chi connectivity index (χ4n) is 1.50. The van der Waals surface area contributed by atoms with Gasteiger partial charge in [0.1, 0.15) is 6.23 Å². The van der Waals surface area contributed by atoms with E-state index in [9.17, 15) is 5.11 Å². The first-order valence-corrected chi connectivity index (χ1v) is 3.63. The second-order valence-corrected chi connectivity index (χ2v) is 2.83. The molecule has 0 saturated carbocycles. The molecular formula is C7H14NO. The Kier molecular flexibility index (Phi) is 2.09. The van der Waals surface area contributed by atoms with E-state index in [1.54, 1.807) is 6.92 Å². The van der Waals surface area contributed by atoms with E-state index < -0.39 is 6.23 Å². The molecule has 53 valence electrons. The van der Waals surface area contributed by atoms with Crippen molar-refractivity contribution >= 4 is 0 Å². The number of rotatable bonds is 1. The molecule has 1 aliphatic heterocycles. The minimum absolute atomic E-state index is 0.498. The van der Waals surface area contributed by atoms with Gasteiger partial charge in [-0.15, -0.1) is 0 Å². The summed E-state index contributed by atoms with van der Waals surface area (Å²) in [6.07, 6.45) is 1.91. The molecule has 0 amide bonds. The van der Waals surface area contributed by atoms with Gasteiger partial charge in [0.15, 0.2) is 0 Å². The third-order valence-electron chi connectivity index (χ3n) is 2.07. The summed E-state index contributed by atoms with van der Waals surface area (Å²) in [5.41, 5.74) is 0. The van der Waals surface area contributed by atoms with Crippen molar-refractivity contribution in [1.29, 1.82) is 0 Å². The largest absolute Gasteiger partial charge is 0.273 e. The summed E-state index contributed by atoms with van der Waals surface area (Å²) in [4.78, 5) is 2.01. The highest BCUT2D eigenvalue weighted by atomic mass is 16.3. The Hall–Kier alpha value is -0.0800. The molecule has 2 nitrogen and oxygen atoms in total. The zero-order valence-corrected chi connectivity index (χ0v) is 6.13. The summed E-state index contributed by atoms with van der Waals surface area (Å²) in [6.45, 7) is 4.86. The number of likely N-dealkylation sites (tertiary alicyclic amines) is 1. The molecule has 1 saturated heterocycles. The van der Waals surface area contributed by atoms with Gasteiger partial charge in [-0.05, 0) is 26.7 Å². The molecule has 1 fully saturated rings. The predicted octanol–water partition coefficient (Wildman–Crippen LogP) is 1.25. The molecule has 9 heavy (non-hydrogen) atoms. The van der Waals surface area contributed by atoms with Crippen LogP contribution in [-0.2, 0) is 5.11 Å². The van der Waals surface area contributed by atoms with Crippen LogP contribution in [0.3, 0.4) is 0 Å². The molecule has 0 aromatic heterocycles. The Morgan fingerprint density at radius 2 is 2.33 bits per heavy atom. The fourth-order valence-corrected chi connectivity index (χ4v) is 1.50. The number of hydrogen-bond donors (Lipinski definition) is 0. The lowest BCUT2D eigenvalue weighted by atomic mass is 10.2. The minimum atomic E-state index is -0.498. The van der Waals surface area contributed by atoms with Gasteiger partial charge in [-0.2, -0.15) is 0 Å². The molecule has 1 heterocycles. The highest BCUT2D eigenvalue weighted by molar-refractivity contribution is 4.74. The van der Waals surface area contributed by atoms with Crippen molar-refractivity contribution < 1.29 is 5.11 Å². The van der Waals surface area contributed by atoms with Crippen LogP contribution < -0.4 is 0 Å². The summed E-state index contributed by atoms with van der Waals surface area (Å²) in [6, 6.07) is 0.525. The van der Waals surface area contributed by atoms with Gasteiger partial charge < -0.3 is 0 Å². The van der Waals surface area contributed by atoms with Gasteiger partial charge in [-0.1, -0.05) is 0 Å². The Morgan fingerprint density at radius 1 is 1.67 bits per heavy atom. The molecule has 0 spiro atoms. The van der Waals surface area contributed by atoms with Gasteiger partial charge in [0.25, 0.3) is 0 Å². The van der Waals surface area contributed by atoms with E-state index >= 15 is 0 Å². The standard InChI is InChI=1S/C7H14NO/c1-6-4-3-5-8(6)7(2)9/h6-7H,3-5H2,1-2H3. The maximum absolute atomic E-state index is 10.9. The van der Waals surface area contributed by atoms with E-state index in [4.69, 9.17) is 0 Å². The van der Waals surface area contributed by atoms with Crippen LogP contribution in [0.5, 0.6) is 0 Å². The Morgan fingerprint density at radius 3 is 2.56 bits per heavy atom. The number of hydrogen-bond acceptors (Lipinski definition) is 1. The van der Waals surface area contributed by atoms with Gasteiger partial charge in [-0.3, -0.25) is 4.90 Å². The highest BCUT2D eigenvalue weighted by Gasteiger charge is 2.23. The first-order chi connectivity index (χ1) is 4.22. The second-order valence-electron chi connectivity index (χ2n) is 2.83. The van der Waals surface area contributed by atoms with E-state index in [1.165, 1.54) is 12.8 Å². The lowest BCUT2D eigenvalue weighted by Gasteiger charge is -2.21. The van der Waals surface area contributed by atoms with Crippen LogP contribution in [0.1, 0.15) is 26.7 Å². The predicted molar refractivity (Wildman–Crippen MR) is 35.6 cm³/mol. The van der Waals surface area contributed by atoms with Crippen molar-refractivity contribution in [2.45, 2.75) is 39.0 Å². The molecule has 1 radical (unpaired) electrons. The fraction of sp³-hybridized carbons (Fsp3) is 1.00. The molecular weight excluding hydrogens is 114 g/mol. The van der Waals surface area contributed by atoms with Crippen LogP contribution in [0, 0.1) is 0 Å². The molecule has 2 unspecified atom stereocenters. The second kappa shape index (κ2) is 2.67. The van der Waals surface area contributed by atoms with E-state index in [2.05, 4.69) is 6.92 Å². The van der Waals surface area contributed by atoms with Crippen LogP contribution in [0.2, 0.25) is 0 Å². The van der Waals surface area contributed by atoms with Crippen LogP contribution >= 0.6 is 0 Å². The SMILES string of the molecule is CC([O])N1CCCC1C. The summed E-state index contributed by atoms with van der Waals surface area (Å²) < 4.78 is 0. The first kappa shape index (κ1) is 7.03. The lowest BCUT2D eigenvalue weighted by Crippen LogP contribution is -2.34. The molecule has 1 rings (SSSR count). The summed E-state index contributed by atoms with van der Waals surface area (Å²) in [7, 11) is 0. The first-order valence-electron chi connectivity index (χ1n) is 3.63. The molecule has 0 aromatic carbocycles. The molecule has 2 heteroatoms. The lowest BCUT2D eigenvalue weighted by molar-refractivity contribution is -0.0381. The number of nitrogens with zero attached hydrogens (tertiary/aromatic N) is 1. The summed E-state index contributed by atoms with van der Waals surface area (Å²) in [5.74, 6) is 0. The molecule has 0 aromatic rings. The van der Waals surface area contributed by atoms with E-state index in [0.29, 0.717) is 6.04 Å². The average molecular weight is 128 g/mol. The van der Waals surface area contributed by atoms with Gasteiger partial charge in [0.05, 0.1) is 0 Å². The van der Waals surface area contributed by atoms with E-state index in [-0.39, 0.29) is 0 Å². The topological polar surface area (TPSA) is 23.1 Å². The normalized spacial score (nSPS) is 33.0. The van der Waals surface area contributed by atoms with Crippen molar-refractivity contribution in [3.8, 4) is 0 Å². The molecule has 2 atom stereocenters. The van der Waals surface area contributed by atoms with Crippen molar-refractivity contribution in [1.82, 2.24) is 4.90 Å². The zero-order valence-electron chi connectivity index (χ0n) is 6.13. The Balaban J connectivity index is 2.40. The summed E-state index contributed by atoms with van der Waals surface area (Å²) in [5, 5.41) is 10.9. The monoisotopic (exact) mass is 128 g/mol. The van der Waals surface area contributed by atoms with E-state index in [0.717, 1.165) is 6.54 Å². The average Bonchev–Trinajstić information content (AvgIpc) is 2.13. The van der Waals surface area contributed by atoms with E-state index in [1.807, 2.05) is 4.90 Å². The maximum atomic E-state index is 10.9. The van der Waals surface area contributed by atoms with Crippen LogP contribution in [0.15, 0.2) is 0 Å². The third kappa shape index (κ3) is 1.43. The van der Waals surface area contributed by atoms with Gasteiger partial charge >= 0.3 is 0 Å². The molecule has 0 N–H and O–H groups in total. The Labute approximate surface area is 56.5 Å². The van der Waals surface area contributed by atoms with Crippen molar-refractivity contribution in [2.24, 2.45) is 0 Å². The smallest absolute Gasteiger partial charge is 0.143 e.